The van der Waals surface area contributed by atoms with Gasteiger partial charge in [0.25, 0.3) is 0 Å². The van der Waals surface area contributed by atoms with Gasteiger partial charge in [-0.1, -0.05) is 13.0 Å². The SMILES string of the molecule is CCCNCC(O)c1ccc(OC(=O)C(C)(C)C)c(NS(C)(=O)=O)c1.Cl. The Bertz CT molecular complexity index is 702. The minimum atomic E-state index is -3.57. The van der Waals surface area contributed by atoms with Crippen molar-refractivity contribution in [1.29, 1.82) is 0 Å². The molecule has 0 bridgehead atoms. The van der Waals surface area contributed by atoms with Gasteiger partial charge >= 0.3 is 5.97 Å². The number of nitrogens with one attached hydrogen (secondary N) is 2. The Morgan fingerprint density at radius 3 is 2.42 bits per heavy atom. The highest BCUT2D eigenvalue weighted by Crippen LogP contribution is 2.31. The van der Waals surface area contributed by atoms with Crippen LogP contribution in [0.15, 0.2) is 18.2 Å². The number of aliphatic hydroxyl groups is 1. The van der Waals surface area contributed by atoms with Crippen LogP contribution in [0.25, 0.3) is 0 Å². The summed E-state index contributed by atoms with van der Waals surface area (Å²) in [7, 11) is -3.57. The number of sulfonamides is 1. The van der Waals surface area contributed by atoms with Crippen LogP contribution in [0.4, 0.5) is 5.69 Å². The van der Waals surface area contributed by atoms with Crippen LogP contribution in [-0.2, 0) is 14.8 Å². The fourth-order valence-electron chi connectivity index (χ4n) is 1.91. The third-order valence-electron chi connectivity index (χ3n) is 3.26. The molecule has 1 rings (SSSR count). The summed E-state index contributed by atoms with van der Waals surface area (Å²) in [5.41, 5.74) is -0.0950. The zero-order valence-electron chi connectivity index (χ0n) is 15.8. The van der Waals surface area contributed by atoms with E-state index in [-0.39, 0.29) is 23.8 Å². The van der Waals surface area contributed by atoms with Crippen LogP contribution in [-0.4, -0.2) is 38.8 Å². The number of anilines is 1. The van der Waals surface area contributed by atoms with Gasteiger partial charge in [0.1, 0.15) is 0 Å². The maximum absolute atomic E-state index is 12.1. The average molecular weight is 409 g/mol. The molecule has 0 aromatic heterocycles. The summed E-state index contributed by atoms with van der Waals surface area (Å²) in [6, 6.07) is 4.57. The molecule has 0 saturated carbocycles. The van der Waals surface area contributed by atoms with Gasteiger partial charge in [0, 0.05) is 6.54 Å². The average Bonchev–Trinajstić information content (AvgIpc) is 2.46. The topological polar surface area (TPSA) is 105 Å². The molecular formula is C17H29ClN2O5S. The van der Waals surface area contributed by atoms with E-state index in [0.717, 1.165) is 19.2 Å². The Kier molecular flexibility index (Phi) is 9.58. The highest BCUT2D eigenvalue weighted by atomic mass is 35.5. The van der Waals surface area contributed by atoms with Crippen LogP contribution in [0.3, 0.4) is 0 Å². The largest absolute Gasteiger partial charge is 0.424 e. The van der Waals surface area contributed by atoms with E-state index in [4.69, 9.17) is 4.74 Å². The minimum Gasteiger partial charge on any atom is -0.424 e. The second kappa shape index (κ2) is 10.1. The molecule has 0 heterocycles. The normalized spacial score (nSPS) is 12.8. The number of hydrogen-bond acceptors (Lipinski definition) is 6. The summed E-state index contributed by atoms with van der Waals surface area (Å²) >= 11 is 0. The molecule has 1 aromatic carbocycles. The van der Waals surface area contributed by atoms with Crippen molar-refractivity contribution in [3.63, 3.8) is 0 Å². The molecule has 0 aliphatic rings. The molecule has 150 valence electrons. The van der Waals surface area contributed by atoms with Gasteiger partial charge in [0.05, 0.1) is 23.5 Å². The molecule has 0 radical (unpaired) electrons. The molecule has 9 heteroatoms. The molecule has 3 N–H and O–H groups in total. The number of esters is 1. The van der Waals surface area contributed by atoms with Crippen LogP contribution >= 0.6 is 12.4 Å². The predicted molar refractivity (Wildman–Crippen MR) is 105 cm³/mol. The Morgan fingerprint density at radius 1 is 1.31 bits per heavy atom. The van der Waals surface area contributed by atoms with E-state index in [1.54, 1.807) is 26.8 Å². The van der Waals surface area contributed by atoms with Gasteiger partial charge in [-0.25, -0.2) is 8.42 Å². The standard InChI is InChI=1S/C17H28N2O5S.ClH/c1-6-9-18-11-14(20)12-7-8-15(24-16(21)17(2,3)4)13(10-12)19-25(5,22)23;/h7-8,10,14,18-20H,6,9,11H2,1-5H3;1H. The Labute approximate surface area is 162 Å². The number of rotatable bonds is 8. The summed E-state index contributed by atoms with van der Waals surface area (Å²) in [5, 5.41) is 13.3. The fraction of sp³-hybridized carbons (Fsp3) is 0.588. The summed E-state index contributed by atoms with van der Waals surface area (Å²) in [6.07, 6.45) is 1.14. The zero-order chi connectivity index (χ0) is 19.3. The molecule has 1 atom stereocenters. The van der Waals surface area contributed by atoms with E-state index in [9.17, 15) is 18.3 Å². The monoisotopic (exact) mass is 408 g/mol. The van der Waals surface area contributed by atoms with E-state index >= 15 is 0 Å². The van der Waals surface area contributed by atoms with Crippen LogP contribution in [0, 0.1) is 5.41 Å². The molecule has 0 saturated heterocycles. The highest BCUT2D eigenvalue weighted by Gasteiger charge is 2.25. The second-order valence-electron chi connectivity index (χ2n) is 6.99. The Balaban J connectivity index is 0.00000625. The van der Waals surface area contributed by atoms with E-state index in [2.05, 4.69) is 10.0 Å². The maximum Gasteiger partial charge on any atom is 0.316 e. The maximum atomic E-state index is 12.1. The van der Waals surface area contributed by atoms with Gasteiger partial charge in [0.15, 0.2) is 5.75 Å². The summed E-state index contributed by atoms with van der Waals surface area (Å²) < 4.78 is 30.9. The number of halogens is 1. The molecular weight excluding hydrogens is 380 g/mol. The summed E-state index contributed by atoms with van der Waals surface area (Å²) in [4.78, 5) is 12.1. The van der Waals surface area contributed by atoms with E-state index in [1.807, 2.05) is 6.92 Å². The molecule has 0 amide bonds. The van der Waals surface area contributed by atoms with Crippen LogP contribution in [0.2, 0.25) is 0 Å². The van der Waals surface area contributed by atoms with Crippen molar-refractivity contribution < 1.29 is 23.1 Å². The number of hydrogen-bond donors (Lipinski definition) is 3. The van der Waals surface area contributed by atoms with E-state index in [1.165, 1.54) is 12.1 Å². The zero-order valence-corrected chi connectivity index (χ0v) is 17.5. The van der Waals surface area contributed by atoms with Crippen molar-refractivity contribution in [2.75, 3.05) is 24.1 Å². The third-order valence-corrected chi connectivity index (χ3v) is 3.85. The van der Waals surface area contributed by atoms with Crippen molar-refractivity contribution in [3.05, 3.63) is 23.8 Å². The molecule has 0 aliphatic heterocycles. The molecule has 1 unspecified atom stereocenters. The van der Waals surface area contributed by atoms with Gasteiger partial charge in [0.2, 0.25) is 10.0 Å². The highest BCUT2D eigenvalue weighted by molar-refractivity contribution is 7.92. The lowest BCUT2D eigenvalue weighted by Gasteiger charge is -2.20. The number of carbonyl (C=O) groups excluding carboxylic acids is 1. The lowest BCUT2D eigenvalue weighted by Crippen LogP contribution is -2.26. The lowest BCUT2D eigenvalue weighted by atomic mass is 9.97. The van der Waals surface area contributed by atoms with Crippen LogP contribution in [0.1, 0.15) is 45.8 Å². The Hall–Kier alpha value is -1.35. The van der Waals surface area contributed by atoms with Crippen LogP contribution in [0.5, 0.6) is 5.75 Å². The Morgan fingerprint density at radius 2 is 1.92 bits per heavy atom. The lowest BCUT2D eigenvalue weighted by molar-refractivity contribution is -0.142. The van der Waals surface area contributed by atoms with Crippen molar-refractivity contribution in [1.82, 2.24) is 5.32 Å². The van der Waals surface area contributed by atoms with Crippen molar-refractivity contribution in [3.8, 4) is 5.75 Å². The molecule has 1 aromatic rings. The van der Waals surface area contributed by atoms with Crippen molar-refractivity contribution in [2.24, 2.45) is 5.41 Å². The predicted octanol–water partition coefficient (Wildman–Crippen LogP) is 2.46. The van der Waals surface area contributed by atoms with E-state index < -0.39 is 27.5 Å². The van der Waals surface area contributed by atoms with E-state index in [0.29, 0.717) is 12.1 Å². The quantitative estimate of drug-likeness (QED) is 0.346. The van der Waals surface area contributed by atoms with Gasteiger partial charge in [-0.05, 0) is 51.4 Å². The molecule has 0 aliphatic carbocycles. The number of ether oxygens (including phenoxy) is 1. The van der Waals surface area contributed by atoms with Gasteiger partial charge < -0.3 is 15.2 Å². The molecule has 0 fully saturated rings. The smallest absolute Gasteiger partial charge is 0.316 e. The first kappa shape index (κ1) is 24.7. The van der Waals surface area contributed by atoms with Crippen molar-refractivity contribution in [2.45, 2.75) is 40.2 Å². The molecule has 26 heavy (non-hydrogen) atoms. The first-order valence-electron chi connectivity index (χ1n) is 8.17. The van der Waals surface area contributed by atoms with Gasteiger partial charge in [-0.3, -0.25) is 9.52 Å². The first-order chi connectivity index (χ1) is 11.4. The summed E-state index contributed by atoms with van der Waals surface area (Å²) in [5.74, 6) is -0.384. The number of aliphatic hydroxyl groups excluding tert-OH is 1. The fourth-order valence-corrected chi connectivity index (χ4v) is 2.47. The molecule has 7 nitrogen and oxygen atoms in total. The third kappa shape index (κ3) is 8.35. The minimum absolute atomic E-state index is 0. The first-order valence-corrected chi connectivity index (χ1v) is 10.1. The molecule has 0 spiro atoms. The van der Waals surface area contributed by atoms with Crippen LogP contribution < -0.4 is 14.8 Å². The van der Waals surface area contributed by atoms with Gasteiger partial charge in [-0.15, -0.1) is 12.4 Å². The summed E-state index contributed by atoms with van der Waals surface area (Å²) in [6.45, 7) is 8.25. The number of benzene rings is 1. The number of carbonyl (C=O) groups is 1. The second-order valence-corrected chi connectivity index (χ2v) is 8.74. The van der Waals surface area contributed by atoms with Crippen molar-refractivity contribution >= 4 is 34.1 Å². The van der Waals surface area contributed by atoms with Gasteiger partial charge in [-0.2, -0.15) is 0 Å².